The minimum Gasteiger partial charge on any atom is -0.491 e. The molecule has 0 aliphatic heterocycles. The number of methoxy groups -OCH3 is 1. The third kappa shape index (κ3) is 4.17. The molecule has 0 unspecified atom stereocenters. The van der Waals surface area contributed by atoms with E-state index in [0.717, 1.165) is 12.1 Å². The van der Waals surface area contributed by atoms with Crippen molar-refractivity contribution in [1.29, 1.82) is 0 Å². The number of ether oxygens (including phenoxy) is 1. The standard InChI is InChI=1S/C17H19F3N2O2/c1-11(2)21-9-14-8-15(23)16(24-3)10-22(14)13-6-4-5-12(7-13)17(18,19)20/h4-8,10-11,21H,9H2,1-3H3. The molecule has 2 aromatic rings. The quantitative estimate of drug-likeness (QED) is 0.908. The summed E-state index contributed by atoms with van der Waals surface area (Å²) >= 11 is 0. The number of rotatable bonds is 5. The lowest BCUT2D eigenvalue weighted by molar-refractivity contribution is -0.137. The van der Waals surface area contributed by atoms with Crippen molar-refractivity contribution in [1.82, 2.24) is 9.88 Å². The first-order valence-electron chi connectivity index (χ1n) is 7.43. The molecular formula is C17H19F3N2O2. The molecule has 0 bridgehead atoms. The zero-order valence-corrected chi connectivity index (χ0v) is 13.6. The predicted molar refractivity (Wildman–Crippen MR) is 85.6 cm³/mol. The summed E-state index contributed by atoms with van der Waals surface area (Å²) in [7, 11) is 1.35. The summed E-state index contributed by atoms with van der Waals surface area (Å²) in [4.78, 5) is 12.0. The molecule has 0 aliphatic carbocycles. The maximum Gasteiger partial charge on any atom is 0.416 e. The zero-order chi connectivity index (χ0) is 17.9. The highest BCUT2D eigenvalue weighted by Crippen LogP contribution is 2.30. The lowest BCUT2D eigenvalue weighted by atomic mass is 10.1. The van der Waals surface area contributed by atoms with Gasteiger partial charge < -0.3 is 14.6 Å². The molecule has 1 aromatic heterocycles. The number of nitrogens with one attached hydrogen (secondary N) is 1. The number of hydrogen-bond donors (Lipinski definition) is 1. The lowest BCUT2D eigenvalue weighted by Crippen LogP contribution is -2.25. The summed E-state index contributed by atoms with van der Waals surface area (Å²) in [5.41, 5.74) is -0.209. The Hall–Kier alpha value is -2.28. The minimum atomic E-state index is -4.44. The number of alkyl halides is 3. The number of nitrogens with zero attached hydrogens (tertiary/aromatic N) is 1. The summed E-state index contributed by atoms with van der Waals surface area (Å²) < 4.78 is 45.4. The molecule has 0 amide bonds. The van der Waals surface area contributed by atoms with E-state index in [9.17, 15) is 18.0 Å². The van der Waals surface area contributed by atoms with Crippen molar-refractivity contribution in [2.24, 2.45) is 0 Å². The fourth-order valence-electron chi connectivity index (χ4n) is 2.23. The van der Waals surface area contributed by atoms with Crippen LogP contribution in [0.2, 0.25) is 0 Å². The highest BCUT2D eigenvalue weighted by Gasteiger charge is 2.30. The fraction of sp³-hybridized carbons (Fsp3) is 0.353. The van der Waals surface area contributed by atoms with Gasteiger partial charge in [0.05, 0.1) is 18.9 Å². The molecular weight excluding hydrogens is 321 g/mol. The van der Waals surface area contributed by atoms with Crippen molar-refractivity contribution < 1.29 is 17.9 Å². The predicted octanol–water partition coefficient (Wildman–Crippen LogP) is 3.36. The maximum absolute atomic E-state index is 13.0. The van der Waals surface area contributed by atoms with Crippen molar-refractivity contribution in [3.8, 4) is 11.4 Å². The Morgan fingerprint density at radius 3 is 2.54 bits per heavy atom. The molecule has 4 nitrogen and oxygen atoms in total. The molecule has 7 heteroatoms. The summed E-state index contributed by atoms with van der Waals surface area (Å²) in [5.74, 6) is 0.0701. The zero-order valence-electron chi connectivity index (χ0n) is 13.6. The smallest absolute Gasteiger partial charge is 0.416 e. The van der Waals surface area contributed by atoms with Crippen LogP contribution < -0.4 is 15.5 Å². The normalized spacial score (nSPS) is 11.8. The highest BCUT2D eigenvalue weighted by atomic mass is 19.4. The second-order valence-corrected chi connectivity index (χ2v) is 5.65. The van der Waals surface area contributed by atoms with Crippen molar-refractivity contribution in [3.63, 3.8) is 0 Å². The Morgan fingerprint density at radius 1 is 1.25 bits per heavy atom. The first-order valence-corrected chi connectivity index (χ1v) is 7.43. The van der Waals surface area contributed by atoms with Gasteiger partial charge in [-0.3, -0.25) is 4.79 Å². The monoisotopic (exact) mass is 340 g/mol. The Morgan fingerprint density at radius 2 is 1.96 bits per heavy atom. The SMILES string of the molecule is COc1cn(-c2cccc(C(F)(F)F)c2)c(CNC(C)C)cc1=O. The highest BCUT2D eigenvalue weighted by molar-refractivity contribution is 5.41. The van der Waals surface area contributed by atoms with Crippen LogP contribution in [0.1, 0.15) is 25.1 Å². The topological polar surface area (TPSA) is 43.3 Å². The third-order valence-electron chi connectivity index (χ3n) is 3.46. The van der Waals surface area contributed by atoms with E-state index in [0.29, 0.717) is 17.9 Å². The van der Waals surface area contributed by atoms with E-state index in [-0.39, 0.29) is 17.2 Å². The molecule has 0 atom stereocenters. The van der Waals surface area contributed by atoms with Gasteiger partial charge in [-0.2, -0.15) is 13.2 Å². The van der Waals surface area contributed by atoms with Crippen molar-refractivity contribution in [2.45, 2.75) is 32.6 Å². The Kier molecular flexibility index (Phi) is 5.33. The molecule has 0 saturated heterocycles. The molecule has 0 saturated carbocycles. The van der Waals surface area contributed by atoms with Crippen LogP contribution in [-0.4, -0.2) is 17.7 Å². The van der Waals surface area contributed by atoms with Gasteiger partial charge in [0, 0.05) is 30.0 Å². The fourth-order valence-corrected chi connectivity index (χ4v) is 2.23. The van der Waals surface area contributed by atoms with Crippen LogP contribution in [0, 0.1) is 0 Å². The second kappa shape index (κ2) is 7.09. The van der Waals surface area contributed by atoms with Crippen molar-refractivity contribution in [2.75, 3.05) is 7.11 Å². The number of pyridine rings is 1. The molecule has 1 heterocycles. The number of hydrogen-bond acceptors (Lipinski definition) is 3. The van der Waals surface area contributed by atoms with Crippen LogP contribution in [0.25, 0.3) is 5.69 Å². The van der Waals surface area contributed by atoms with E-state index in [1.54, 1.807) is 6.07 Å². The number of aromatic nitrogens is 1. The van der Waals surface area contributed by atoms with Gasteiger partial charge in [-0.25, -0.2) is 0 Å². The van der Waals surface area contributed by atoms with E-state index >= 15 is 0 Å². The van der Waals surface area contributed by atoms with Crippen molar-refractivity contribution >= 4 is 0 Å². The molecule has 0 aliphatic rings. The second-order valence-electron chi connectivity index (χ2n) is 5.65. The molecule has 1 N–H and O–H groups in total. The Labute approximate surface area is 137 Å². The van der Waals surface area contributed by atoms with E-state index in [4.69, 9.17) is 4.74 Å². The first-order chi connectivity index (χ1) is 11.2. The Bertz CT molecular complexity index is 767. The molecule has 0 spiro atoms. The number of benzene rings is 1. The first kappa shape index (κ1) is 18.1. The maximum atomic E-state index is 13.0. The van der Waals surface area contributed by atoms with Crippen LogP contribution in [0.5, 0.6) is 5.75 Å². The van der Waals surface area contributed by atoms with Gasteiger partial charge in [-0.15, -0.1) is 0 Å². The Balaban J connectivity index is 2.56. The molecule has 130 valence electrons. The molecule has 2 rings (SSSR count). The minimum absolute atomic E-state index is 0.0701. The van der Waals surface area contributed by atoms with Gasteiger partial charge in [0.15, 0.2) is 5.75 Å². The van der Waals surface area contributed by atoms with E-state index < -0.39 is 11.7 Å². The van der Waals surface area contributed by atoms with Gasteiger partial charge in [0.2, 0.25) is 5.43 Å². The van der Waals surface area contributed by atoms with E-state index in [1.165, 1.54) is 30.0 Å². The van der Waals surface area contributed by atoms with Gasteiger partial charge in [0.1, 0.15) is 0 Å². The summed E-state index contributed by atoms with van der Waals surface area (Å²) in [6, 6.07) is 6.48. The van der Waals surface area contributed by atoms with Crippen LogP contribution >= 0.6 is 0 Å². The summed E-state index contributed by atoms with van der Waals surface area (Å²) in [6.07, 6.45) is -3.02. The van der Waals surface area contributed by atoms with Gasteiger partial charge in [0.25, 0.3) is 0 Å². The average Bonchev–Trinajstić information content (AvgIpc) is 2.52. The van der Waals surface area contributed by atoms with Crippen LogP contribution in [-0.2, 0) is 12.7 Å². The molecule has 0 radical (unpaired) electrons. The molecule has 0 fully saturated rings. The van der Waals surface area contributed by atoms with Crippen molar-refractivity contribution in [3.05, 3.63) is 58.0 Å². The largest absolute Gasteiger partial charge is 0.491 e. The van der Waals surface area contributed by atoms with Crippen LogP contribution in [0.4, 0.5) is 13.2 Å². The third-order valence-corrected chi connectivity index (χ3v) is 3.46. The van der Waals surface area contributed by atoms with Gasteiger partial charge in [-0.1, -0.05) is 19.9 Å². The number of halogens is 3. The average molecular weight is 340 g/mol. The molecule has 24 heavy (non-hydrogen) atoms. The summed E-state index contributed by atoms with van der Waals surface area (Å²) in [5, 5.41) is 3.16. The van der Waals surface area contributed by atoms with Gasteiger partial charge in [-0.05, 0) is 18.2 Å². The lowest BCUT2D eigenvalue weighted by Gasteiger charge is -2.18. The molecule has 1 aromatic carbocycles. The summed E-state index contributed by atoms with van der Waals surface area (Å²) in [6.45, 7) is 4.22. The van der Waals surface area contributed by atoms with E-state index in [2.05, 4.69) is 5.32 Å². The van der Waals surface area contributed by atoms with Gasteiger partial charge >= 0.3 is 6.18 Å². The van der Waals surface area contributed by atoms with Crippen LogP contribution in [0.3, 0.4) is 0 Å². The van der Waals surface area contributed by atoms with E-state index in [1.807, 2.05) is 13.8 Å². The van der Waals surface area contributed by atoms with Crippen LogP contribution in [0.15, 0.2) is 41.3 Å².